The van der Waals surface area contributed by atoms with Crippen molar-refractivity contribution >= 4 is 5.97 Å². The van der Waals surface area contributed by atoms with Gasteiger partial charge in [0.25, 0.3) is 0 Å². The maximum absolute atomic E-state index is 11.3. The van der Waals surface area contributed by atoms with Crippen LogP contribution in [0.3, 0.4) is 0 Å². The van der Waals surface area contributed by atoms with E-state index in [0.29, 0.717) is 17.9 Å². The van der Waals surface area contributed by atoms with Crippen LogP contribution in [-0.4, -0.2) is 19.7 Å². The van der Waals surface area contributed by atoms with E-state index in [9.17, 15) is 4.79 Å². The second kappa shape index (κ2) is 6.29. The molecule has 3 heteroatoms. The first-order chi connectivity index (χ1) is 6.17. The molecule has 0 saturated carbocycles. The molecule has 3 nitrogen and oxygen atoms in total. The summed E-state index contributed by atoms with van der Waals surface area (Å²) < 4.78 is 9.81. The fourth-order valence-corrected chi connectivity index (χ4v) is 0.815. The molecule has 0 N–H and O–H groups in total. The maximum Gasteiger partial charge on any atom is 0.341 e. The molecule has 13 heavy (non-hydrogen) atoms. The number of carbonyl (C=O) groups is 1. The van der Waals surface area contributed by atoms with Gasteiger partial charge in [-0.15, -0.1) is 0 Å². The van der Waals surface area contributed by atoms with Gasteiger partial charge in [0, 0.05) is 0 Å². The van der Waals surface area contributed by atoms with Gasteiger partial charge >= 0.3 is 5.97 Å². The van der Waals surface area contributed by atoms with Gasteiger partial charge in [0.2, 0.25) is 0 Å². The molecule has 0 aromatic rings. The zero-order valence-corrected chi connectivity index (χ0v) is 8.59. The highest BCUT2D eigenvalue weighted by molar-refractivity contribution is 5.92. The Morgan fingerprint density at radius 1 is 1.46 bits per heavy atom. The Kier molecular flexibility index (Phi) is 5.68. The van der Waals surface area contributed by atoms with Crippen LogP contribution in [0.2, 0.25) is 0 Å². The number of hydrogen-bond donors (Lipinski definition) is 0. The fourth-order valence-electron chi connectivity index (χ4n) is 0.815. The van der Waals surface area contributed by atoms with Crippen molar-refractivity contribution in [1.82, 2.24) is 0 Å². The predicted molar refractivity (Wildman–Crippen MR) is 51.2 cm³/mol. The Morgan fingerprint density at radius 3 is 2.46 bits per heavy atom. The van der Waals surface area contributed by atoms with Crippen molar-refractivity contribution in [1.29, 1.82) is 0 Å². The smallest absolute Gasteiger partial charge is 0.341 e. The first kappa shape index (κ1) is 11.8. The standard InChI is InChI=1S/C10H16O3/c1-5-7-9(8(3)12-4)10(11)13-6-2/h5,7H,6H2,1-4H3/b7-5-,9-8-. The highest BCUT2D eigenvalue weighted by Crippen LogP contribution is 2.08. The van der Waals surface area contributed by atoms with E-state index in [-0.39, 0.29) is 5.97 Å². The van der Waals surface area contributed by atoms with Crippen LogP contribution < -0.4 is 0 Å². The second-order valence-corrected chi connectivity index (χ2v) is 2.39. The minimum atomic E-state index is -0.347. The largest absolute Gasteiger partial charge is 0.501 e. The summed E-state index contributed by atoms with van der Waals surface area (Å²) in [7, 11) is 1.53. The van der Waals surface area contributed by atoms with Crippen LogP contribution >= 0.6 is 0 Å². The Labute approximate surface area is 79.0 Å². The average molecular weight is 184 g/mol. The van der Waals surface area contributed by atoms with Crippen LogP contribution in [-0.2, 0) is 14.3 Å². The van der Waals surface area contributed by atoms with Gasteiger partial charge in [0.1, 0.15) is 5.76 Å². The lowest BCUT2D eigenvalue weighted by atomic mass is 10.2. The lowest BCUT2D eigenvalue weighted by Crippen LogP contribution is -2.08. The third-order valence-corrected chi connectivity index (χ3v) is 1.51. The molecule has 0 aliphatic carbocycles. The lowest BCUT2D eigenvalue weighted by molar-refractivity contribution is -0.138. The average Bonchev–Trinajstić information content (AvgIpc) is 2.13. The normalized spacial score (nSPS) is 12.6. The summed E-state index contributed by atoms with van der Waals surface area (Å²) in [6, 6.07) is 0. The van der Waals surface area contributed by atoms with Crippen molar-refractivity contribution < 1.29 is 14.3 Å². The molecule has 0 aromatic carbocycles. The van der Waals surface area contributed by atoms with Gasteiger partial charge in [-0.2, -0.15) is 0 Å². The predicted octanol–water partition coefficient (Wildman–Crippen LogP) is 2.05. The van der Waals surface area contributed by atoms with Gasteiger partial charge in [-0.1, -0.05) is 6.08 Å². The van der Waals surface area contributed by atoms with Crippen LogP contribution in [0.5, 0.6) is 0 Å². The van der Waals surface area contributed by atoms with Crippen molar-refractivity contribution in [3.63, 3.8) is 0 Å². The molecule has 0 heterocycles. The van der Waals surface area contributed by atoms with Gasteiger partial charge in [-0.25, -0.2) is 4.79 Å². The molecule has 0 unspecified atom stereocenters. The van der Waals surface area contributed by atoms with E-state index in [2.05, 4.69) is 0 Å². The molecule has 0 bridgehead atoms. The molecule has 0 fully saturated rings. The van der Waals surface area contributed by atoms with Gasteiger partial charge < -0.3 is 9.47 Å². The number of rotatable bonds is 4. The van der Waals surface area contributed by atoms with E-state index < -0.39 is 0 Å². The summed E-state index contributed by atoms with van der Waals surface area (Å²) in [6.45, 7) is 5.71. The van der Waals surface area contributed by atoms with E-state index in [0.717, 1.165) is 0 Å². The fraction of sp³-hybridized carbons (Fsp3) is 0.500. The zero-order valence-electron chi connectivity index (χ0n) is 8.59. The Bertz CT molecular complexity index is 226. The summed E-state index contributed by atoms with van der Waals surface area (Å²) >= 11 is 0. The summed E-state index contributed by atoms with van der Waals surface area (Å²) in [4.78, 5) is 11.3. The molecule has 74 valence electrons. The number of methoxy groups -OCH3 is 1. The molecule has 0 atom stereocenters. The maximum atomic E-state index is 11.3. The number of hydrogen-bond acceptors (Lipinski definition) is 3. The first-order valence-corrected chi connectivity index (χ1v) is 4.22. The monoisotopic (exact) mass is 184 g/mol. The highest BCUT2D eigenvalue weighted by Gasteiger charge is 2.10. The third-order valence-electron chi connectivity index (χ3n) is 1.51. The zero-order chi connectivity index (χ0) is 10.3. The second-order valence-electron chi connectivity index (χ2n) is 2.39. The van der Waals surface area contributed by atoms with Crippen LogP contribution in [0.4, 0.5) is 0 Å². The minimum absolute atomic E-state index is 0.347. The van der Waals surface area contributed by atoms with Gasteiger partial charge in [0.05, 0.1) is 19.3 Å². The Hall–Kier alpha value is -1.25. The molecule has 0 rings (SSSR count). The molecule has 0 aliphatic heterocycles. The molecule has 0 aliphatic rings. The van der Waals surface area contributed by atoms with Crippen molar-refractivity contribution in [2.45, 2.75) is 20.8 Å². The van der Waals surface area contributed by atoms with Crippen molar-refractivity contribution in [2.24, 2.45) is 0 Å². The number of carbonyl (C=O) groups excluding carboxylic acids is 1. The van der Waals surface area contributed by atoms with E-state index in [1.807, 2.05) is 6.92 Å². The van der Waals surface area contributed by atoms with Crippen LogP contribution in [0.15, 0.2) is 23.5 Å². The van der Waals surface area contributed by atoms with Gasteiger partial charge in [-0.3, -0.25) is 0 Å². The highest BCUT2D eigenvalue weighted by atomic mass is 16.5. The molecule has 0 aromatic heterocycles. The van der Waals surface area contributed by atoms with Gasteiger partial charge in [0.15, 0.2) is 0 Å². The quantitative estimate of drug-likeness (QED) is 0.290. The summed E-state index contributed by atoms with van der Waals surface area (Å²) in [5.41, 5.74) is 0.465. The summed E-state index contributed by atoms with van der Waals surface area (Å²) in [5, 5.41) is 0. The first-order valence-electron chi connectivity index (χ1n) is 4.22. The molecule has 0 saturated heterocycles. The third kappa shape index (κ3) is 3.78. The Morgan fingerprint density at radius 2 is 2.08 bits per heavy atom. The van der Waals surface area contributed by atoms with E-state index in [1.54, 1.807) is 26.0 Å². The molecular formula is C10H16O3. The van der Waals surface area contributed by atoms with Crippen molar-refractivity contribution in [3.8, 4) is 0 Å². The van der Waals surface area contributed by atoms with E-state index >= 15 is 0 Å². The van der Waals surface area contributed by atoms with Crippen LogP contribution in [0.25, 0.3) is 0 Å². The van der Waals surface area contributed by atoms with Crippen molar-refractivity contribution in [3.05, 3.63) is 23.5 Å². The molecule has 0 spiro atoms. The van der Waals surface area contributed by atoms with E-state index in [1.165, 1.54) is 7.11 Å². The molecule has 0 amide bonds. The number of esters is 1. The number of allylic oxidation sites excluding steroid dienone is 2. The van der Waals surface area contributed by atoms with Gasteiger partial charge in [-0.05, 0) is 26.8 Å². The molecular weight excluding hydrogens is 168 g/mol. The van der Waals surface area contributed by atoms with Crippen LogP contribution in [0, 0.1) is 0 Å². The Balaban J connectivity index is 4.70. The van der Waals surface area contributed by atoms with Crippen LogP contribution in [0.1, 0.15) is 20.8 Å². The topological polar surface area (TPSA) is 35.5 Å². The van der Waals surface area contributed by atoms with Crippen molar-refractivity contribution in [2.75, 3.05) is 13.7 Å². The molecule has 0 radical (unpaired) electrons. The summed E-state index contributed by atoms with van der Waals surface area (Å²) in [6.07, 6.45) is 3.45. The minimum Gasteiger partial charge on any atom is -0.501 e. The lowest BCUT2D eigenvalue weighted by Gasteiger charge is -2.06. The summed E-state index contributed by atoms with van der Waals surface area (Å²) in [5.74, 6) is 0.219. The SMILES string of the molecule is C/C=C\C(C(=O)OCC)=C(/C)OC. The number of ether oxygens (including phenoxy) is 2. The van der Waals surface area contributed by atoms with E-state index in [4.69, 9.17) is 9.47 Å².